The summed E-state index contributed by atoms with van der Waals surface area (Å²) in [5.41, 5.74) is -0.508. The lowest BCUT2D eigenvalue weighted by Crippen LogP contribution is -2.37. The summed E-state index contributed by atoms with van der Waals surface area (Å²) >= 11 is 0. The number of nitrogens with zero attached hydrogens (tertiary/aromatic N) is 3. The van der Waals surface area contributed by atoms with Gasteiger partial charge in [-0.05, 0) is 12.8 Å². The first-order valence-electron chi connectivity index (χ1n) is 7.00. The van der Waals surface area contributed by atoms with Crippen LogP contribution >= 0.6 is 0 Å². The lowest BCUT2D eigenvalue weighted by molar-refractivity contribution is -0.0523. The van der Waals surface area contributed by atoms with Crippen LogP contribution in [0.25, 0.3) is 14.5 Å². The molecule has 0 aliphatic rings. The van der Waals surface area contributed by atoms with Gasteiger partial charge in [-0.25, -0.2) is 19.7 Å². The van der Waals surface area contributed by atoms with E-state index in [-0.39, 0.29) is 6.61 Å². The standard InChI is InChI=1S/C15H23N3O3/c1-16-7-5-4-6-15(12-19,13-20-10-8-17-2)14-21-11-9-18-3/h19H,4-14H2. The molecule has 116 valence electrons. The molecule has 0 aliphatic heterocycles. The molecule has 0 fully saturated rings. The van der Waals surface area contributed by atoms with E-state index in [1.54, 1.807) is 0 Å². The largest absolute Gasteiger partial charge is 0.396 e. The van der Waals surface area contributed by atoms with Crippen LogP contribution in [0.3, 0.4) is 0 Å². The fraction of sp³-hybridized carbons (Fsp3) is 0.800. The minimum absolute atomic E-state index is 0.0684. The van der Waals surface area contributed by atoms with Crippen molar-refractivity contribution in [2.24, 2.45) is 5.41 Å². The summed E-state index contributed by atoms with van der Waals surface area (Å²) < 4.78 is 10.9. The van der Waals surface area contributed by atoms with E-state index in [1.165, 1.54) is 0 Å². The first-order valence-corrected chi connectivity index (χ1v) is 7.00. The van der Waals surface area contributed by atoms with Crippen molar-refractivity contribution >= 4 is 0 Å². The summed E-state index contributed by atoms with van der Waals surface area (Å²) in [5, 5.41) is 9.70. The number of ether oxygens (including phenoxy) is 2. The van der Waals surface area contributed by atoms with Gasteiger partial charge in [-0.15, -0.1) is 0 Å². The summed E-state index contributed by atoms with van der Waals surface area (Å²) in [5.74, 6) is 0. The van der Waals surface area contributed by atoms with Crippen molar-refractivity contribution in [3.05, 3.63) is 34.3 Å². The van der Waals surface area contributed by atoms with Gasteiger partial charge in [-0.1, -0.05) is 0 Å². The first kappa shape index (κ1) is 19.4. The maximum Gasteiger partial charge on any atom is 0.237 e. The Balaban J connectivity index is 4.34. The topological polar surface area (TPSA) is 51.8 Å². The third kappa shape index (κ3) is 9.82. The Morgan fingerprint density at radius 1 is 0.810 bits per heavy atom. The van der Waals surface area contributed by atoms with Gasteiger partial charge in [0.2, 0.25) is 19.6 Å². The summed E-state index contributed by atoms with van der Waals surface area (Å²) in [7, 11) is 0. The minimum Gasteiger partial charge on any atom is -0.396 e. The fourth-order valence-electron chi connectivity index (χ4n) is 1.84. The number of hydrogen-bond donors (Lipinski definition) is 1. The number of unbranched alkanes of at least 4 members (excludes halogenated alkanes) is 1. The molecule has 0 rings (SSSR count). The van der Waals surface area contributed by atoms with Crippen molar-refractivity contribution in [2.75, 3.05) is 52.7 Å². The predicted octanol–water partition coefficient (Wildman–Crippen LogP) is 1.93. The highest BCUT2D eigenvalue weighted by Gasteiger charge is 2.30. The number of rotatable bonds is 13. The molecule has 1 N–H and O–H groups in total. The average Bonchev–Trinajstić information content (AvgIpc) is 2.51. The summed E-state index contributed by atoms with van der Waals surface area (Å²) in [6.45, 7) is 22.6. The van der Waals surface area contributed by atoms with Crippen LogP contribution in [0.5, 0.6) is 0 Å². The van der Waals surface area contributed by atoms with Crippen molar-refractivity contribution in [2.45, 2.75) is 19.3 Å². The molecule has 0 spiro atoms. The van der Waals surface area contributed by atoms with E-state index in [1.807, 2.05) is 0 Å². The van der Waals surface area contributed by atoms with E-state index in [0.717, 1.165) is 12.8 Å². The Bertz CT molecular complexity index is 324. The maximum absolute atomic E-state index is 9.70. The zero-order valence-electron chi connectivity index (χ0n) is 12.4. The van der Waals surface area contributed by atoms with E-state index in [2.05, 4.69) is 14.5 Å². The van der Waals surface area contributed by atoms with Crippen molar-refractivity contribution in [1.29, 1.82) is 0 Å². The van der Waals surface area contributed by atoms with Gasteiger partial charge in [0.1, 0.15) is 13.2 Å². The molecule has 0 aromatic rings. The molecule has 0 aromatic carbocycles. The second-order valence-electron chi connectivity index (χ2n) is 4.87. The summed E-state index contributed by atoms with van der Waals surface area (Å²) in [6, 6.07) is 0. The number of aliphatic hydroxyl groups excluding tert-OH is 1. The lowest BCUT2D eigenvalue weighted by atomic mass is 9.85. The molecule has 0 aliphatic carbocycles. The van der Waals surface area contributed by atoms with Crippen molar-refractivity contribution in [3.8, 4) is 0 Å². The Kier molecular flexibility index (Phi) is 12.3. The highest BCUT2D eigenvalue weighted by molar-refractivity contribution is 4.80. The summed E-state index contributed by atoms with van der Waals surface area (Å²) in [6.07, 6.45) is 2.31. The number of hydrogen-bond acceptors (Lipinski definition) is 3. The monoisotopic (exact) mass is 293 g/mol. The fourth-order valence-corrected chi connectivity index (χ4v) is 1.84. The molecule has 0 bridgehead atoms. The van der Waals surface area contributed by atoms with Crippen LogP contribution in [-0.2, 0) is 9.47 Å². The summed E-state index contributed by atoms with van der Waals surface area (Å²) in [4.78, 5) is 9.75. The third-order valence-corrected chi connectivity index (χ3v) is 3.07. The molecule has 0 heterocycles. The van der Waals surface area contributed by atoms with Gasteiger partial charge in [-0.3, -0.25) is 0 Å². The van der Waals surface area contributed by atoms with Crippen LogP contribution in [0.1, 0.15) is 19.3 Å². The van der Waals surface area contributed by atoms with E-state index in [9.17, 15) is 5.11 Å². The van der Waals surface area contributed by atoms with Gasteiger partial charge in [0.15, 0.2) is 0 Å². The van der Waals surface area contributed by atoms with E-state index in [0.29, 0.717) is 52.5 Å². The molecule has 0 aromatic heterocycles. The van der Waals surface area contributed by atoms with Gasteiger partial charge >= 0.3 is 0 Å². The molecule has 21 heavy (non-hydrogen) atoms. The Morgan fingerprint density at radius 2 is 1.33 bits per heavy atom. The van der Waals surface area contributed by atoms with Gasteiger partial charge in [0, 0.05) is 11.8 Å². The molecular formula is C15H23N3O3. The Hall–Kier alpha value is -1.65. The van der Waals surface area contributed by atoms with E-state index in [4.69, 9.17) is 29.2 Å². The third-order valence-electron chi connectivity index (χ3n) is 3.07. The molecule has 0 saturated carbocycles. The van der Waals surface area contributed by atoms with Gasteiger partial charge < -0.3 is 29.1 Å². The molecular weight excluding hydrogens is 270 g/mol. The molecule has 6 nitrogen and oxygen atoms in total. The lowest BCUT2D eigenvalue weighted by Gasteiger charge is -2.31. The quantitative estimate of drug-likeness (QED) is 0.417. The van der Waals surface area contributed by atoms with Crippen LogP contribution in [-0.4, -0.2) is 57.8 Å². The van der Waals surface area contributed by atoms with Crippen molar-refractivity contribution in [3.63, 3.8) is 0 Å². The molecule has 0 unspecified atom stereocenters. The highest BCUT2D eigenvalue weighted by Crippen LogP contribution is 2.25. The maximum atomic E-state index is 9.70. The van der Waals surface area contributed by atoms with E-state index >= 15 is 0 Å². The molecule has 6 heteroatoms. The zero-order chi connectivity index (χ0) is 15.8. The van der Waals surface area contributed by atoms with Crippen LogP contribution in [0.2, 0.25) is 0 Å². The van der Waals surface area contributed by atoms with Gasteiger partial charge in [0.25, 0.3) is 0 Å². The van der Waals surface area contributed by atoms with E-state index < -0.39 is 5.41 Å². The number of aliphatic hydroxyl groups is 1. The van der Waals surface area contributed by atoms with Gasteiger partial charge in [-0.2, -0.15) is 0 Å². The average molecular weight is 293 g/mol. The highest BCUT2D eigenvalue weighted by atomic mass is 16.5. The predicted molar refractivity (Wildman–Crippen MR) is 79.4 cm³/mol. The SMILES string of the molecule is [C-]#[N+]CCCCC(CO)(COCC[N+]#[C-])COCC[N+]#[C-]. The first-order chi connectivity index (χ1) is 10.2. The molecule has 0 atom stereocenters. The molecule has 0 amide bonds. The normalized spacial score (nSPS) is 10.6. The second kappa shape index (κ2) is 13.3. The van der Waals surface area contributed by atoms with Crippen LogP contribution in [0.15, 0.2) is 0 Å². The Morgan fingerprint density at radius 3 is 1.76 bits per heavy atom. The molecule has 0 radical (unpaired) electrons. The van der Waals surface area contributed by atoms with Crippen molar-refractivity contribution in [1.82, 2.24) is 0 Å². The van der Waals surface area contributed by atoms with Gasteiger partial charge in [0.05, 0.1) is 19.8 Å². The molecule has 0 saturated heterocycles. The zero-order valence-corrected chi connectivity index (χ0v) is 12.4. The van der Waals surface area contributed by atoms with Crippen molar-refractivity contribution < 1.29 is 14.6 Å². The van der Waals surface area contributed by atoms with Crippen LogP contribution < -0.4 is 0 Å². The smallest absolute Gasteiger partial charge is 0.237 e. The van der Waals surface area contributed by atoms with Crippen LogP contribution in [0, 0.1) is 25.1 Å². The van der Waals surface area contributed by atoms with Crippen LogP contribution in [0.4, 0.5) is 0 Å². The Labute approximate surface area is 127 Å². The second-order valence-corrected chi connectivity index (χ2v) is 4.87. The minimum atomic E-state index is -0.508.